The molecule has 1 aliphatic rings. The van der Waals surface area contributed by atoms with Crippen LogP contribution in [0.15, 0.2) is 168 Å². The van der Waals surface area contributed by atoms with Crippen LogP contribution in [0, 0.1) is 5.41 Å². The second kappa shape index (κ2) is 13.5. The number of hydrogen-bond acceptors (Lipinski definition) is 4. The van der Waals surface area contributed by atoms with Gasteiger partial charge in [0.2, 0.25) is 0 Å². The van der Waals surface area contributed by atoms with Gasteiger partial charge in [-0.3, -0.25) is 0 Å². The summed E-state index contributed by atoms with van der Waals surface area (Å²) in [6.45, 7) is 0. The summed E-state index contributed by atoms with van der Waals surface area (Å²) in [5, 5.41) is 19.2. The van der Waals surface area contributed by atoms with Crippen LogP contribution in [0.4, 0.5) is 11.4 Å². The van der Waals surface area contributed by atoms with Gasteiger partial charge in [0.25, 0.3) is 0 Å². The van der Waals surface area contributed by atoms with Crippen LogP contribution in [0.25, 0.3) is 77.1 Å². The highest BCUT2D eigenvalue weighted by Crippen LogP contribution is 2.42. The normalized spacial score (nSPS) is 12.6. The van der Waals surface area contributed by atoms with Crippen molar-refractivity contribution in [3.05, 3.63) is 179 Å². The molecule has 0 saturated carbocycles. The van der Waals surface area contributed by atoms with Gasteiger partial charge in [-0.25, -0.2) is 9.97 Å². The number of para-hydroxylation sites is 1. The first-order valence-corrected chi connectivity index (χ1v) is 20.3. The lowest BCUT2D eigenvalue weighted by molar-refractivity contribution is 1.13. The lowest BCUT2D eigenvalue weighted by atomic mass is 9.98. The van der Waals surface area contributed by atoms with Crippen LogP contribution in [-0.2, 0) is 0 Å². The molecule has 0 amide bonds. The van der Waals surface area contributed by atoms with Gasteiger partial charge < -0.3 is 15.3 Å². The molecule has 54 heavy (non-hydrogen) atoms. The van der Waals surface area contributed by atoms with Crippen LogP contribution in [-0.4, -0.2) is 24.8 Å². The second-order valence-corrected chi connectivity index (χ2v) is 15.3. The Balaban J connectivity index is 1.18. The maximum absolute atomic E-state index is 8.69. The molecule has 6 heteroatoms. The van der Waals surface area contributed by atoms with Crippen molar-refractivity contribution in [1.29, 1.82) is 5.41 Å². The van der Waals surface area contributed by atoms with Gasteiger partial charge in [0.15, 0.2) is 5.82 Å². The Kier molecular flexibility index (Phi) is 8.03. The molecule has 10 rings (SSSR count). The summed E-state index contributed by atoms with van der Waals surface area (Å²) in [6, 6.07) is 53.1. The number of hydrogen-bond donors (Lipinski definition) is 2. The van der Waals surface area contributed by atoms with Crippen molar-refractivity contribution in [2.24, 2.45) is 0 Å². The van der Waals surface area contributed by atoms with Crippen molar-refractivity contribution in [2.45, 2.75) is 0 Å². The third-order valence-corrected chi connectivity index (χ3v) is 12.0. The highest BCUT2D eigenvalue weighted by molar-refractivity contribution is 14.2. The molecule has 5 nitrogen and oxygen atoms in total. The van der Waals surface area contributed by atoms with Crippen molar-refractivity contribution >= 4 is 91.3 Å². The van der Waals surface area contributed by atoms with Gasteiger partial charge in [-0.05, 0) is 66.7 Å². The van der Waals surface area contributed by atoms with Gasteiger partial charge in [-0.2, -0.15) is 0 Å². The second-order valence-electron chi connectivity index (χ2n) is 13.3. The Hall–Kier alpha value is -6.51. The minimum atomic E-state index is -0.155. The van der Waals surface area contributed by atoms with E-state index in [-0.39, 0.29) is 20.7 Å². The Labute approximate surface area is 322 Å². The third kappa shape index (κ3) is 5.54. The van der Waals surface area contributed by atoms with Crippen LogP contribution in [0.5, 0.6) is 0 Å². The standard InChI is InChI=1S/C48H32IN5/c50-30-41-42(51-35-14-5-2-6-15-35)25-26-45-46(41)40-24-23-38-37-16-8-7-10-31(37)19-22-39(38)47(40)54(45)36-20-17-33(18-21-36)44-28-43(32-11-3-1-4-12-32)52-48(53-44)34-13-9-27-49-29-34/h1-30,50-51H. The zero-order valence-electron chi connectivity index (χ0n) is 29.0. The van der Waals surface area contributed by atoms with Gasteiger partial charge in [-0.15, -0.1) is 0 Å². The van der Waals surface area contributed by atoms with Gasteiger partial charge in [0.05, 0.1) is 22.4 Å². The van der Waals surface area contributed by atoms with E-state index in [0.717, 1.165) is 78.3 Å². The van der Waals surface area contributed by atoms with E-state index in [1.54, 1.807) is 0 Å². The minimum absolute atomic E-state index is 0.155. The Morgan fingerprint density at radius 1 is 0.630 bits per heavy atom. The predicted octanol–water partition coefficient (Wildman–Crippen LogP) is 12.6. The lowest BCUT2D eigenvalue weighted by Crippen LogP contribution is -2.00. The topological polar surface area (TPSA) is 66.6 Å². The van der Waals surface area contributed by atoms with Crippen LogP contribution < -0.4 is 5.32 Å². The van der Waals surface area contributed by atoms with Crippen LogP contribution in [0.3, 0.4) is 0 Å². The predicted molar refractivity (Wildman–Crippen MR) is 237 cm³/mol. The summed E-state index contributed by atoms with van der Waals surface area (Å²) >= 11 is -0.155. The van der Waals surface area contributed by atoms with Gasteiger partial charge in [0, 0.05) is 61.7 Å². The molecule has 9 aromatic rings. The molecule has 0 bridgehead atoms. The molecular formula is C48H32IN5. The molecular weight excluding hydrogens is 773 g/mol. The molecule has 0 unspecified atom stereocenters. The number of nitrogens with zero attached hydrogens (tertiary/aromatic N) is 3. The van der Waals surface area contributed by atoms with E-state index in [9.17, 15) is 0 Å². The third-order valence-electron chi connectivity index (χ3n) is 10.1. The number of fused-ring (bicyclic) bond motifs is 7. The van der Waals surface area contributed by atoms with E-state index in [0.29, 0.717) is 0 Å². The van der Waals surface area contributed by atoms with E-state index in [1.165, 1.54) is 27.8 Å². The van der Waals surface area contributed by atoms with Gasteiger partial charge >= 0.3 is 0 Å². The number of nitrogens with one attached hydrogen (secondary N) is 2. The first kappa shape index (κ1) is 32.2. The molecule has 2 N–H and O–H groups in total. The highest BCUT2D eigenvalue weighted by atomic mass is 127. The molecule has 0 radical (unpaired) electrons. The maximum Gasteiger partial charge on any atom is 0.160 e. The number of benzene rings is 7. The van der Waals surface area contributed by atoms with Crippen molar-refractivity contribution in [3.8, 4) is 28.2 Å². The Morgan fingerprint density at radius 2 is 1.33 bits per heavy atom. The van der Waals surface area contributed by atoms with E-state index < -0.39 is 0 Å². The fourth-order valence-corrected chi connectivity index (χ4v) is 9.15. The number of aromatic nitrogens is 3. The van der Waals surface area contributed by atoms with Crippen LogP contribution in [0.1, 0.15) is 11.4 Å². The monoisotopic (exact) mass is 805 g/mol. The molecule has 3 heterocycles. The highest BCUT2D eigenvalue weighted by Gasteiger charge is 2.20. The molecule has 0 saturated heterocycles. The fraction of sp³-hybridized carbons (Fsp3) is 0. The summed E-state index contributed by atoms with van der Waals surface area (Å²) in [6.07, 6.45) is 5.72. The first-order valence-electron chi connectivity index (χ1n) is 17.9. The maximum atomic E-state index is 8.69. The average Bonchev–Trinajstić information content (AvgIpc) is 3.59. The molecule has 0 fully saturated rings. The quantitative estimate of drug-likeness (QED) is 0.0958. The Morgan fingerprint density at radius 3 is 2.09 bits per heavy atom. The largest absolute Gasteiger partial charge is 0.355 e. The van der Waals surface area contributed by atoms with E-state index >= 15 is 0 Å². The SMILES string of the molecule is N=Cc1c(Nc2ccccc2)ccc2c1c1ccc3c4ccccc4ccc3c1n2-c1ccc(-c2cc(-c3ccccc3)nc(C3=CC=CI=C3)n2)cc1. The number of allylic oxidation sites excluding steroid dienone is 3. The Bertz CT molecular complexity index is 3010. The minimum Gasteiger partial charge on any atom is -0.355 e. The van der Waals surface area contributed by atoms with Crippen molar-refractivity contribution in [2.75, 3.05) is 5.32 Å². The van der Waals surface area contributed by atoms with E-state index in [2.05, 4.69) is 145 Å². The summed E-state index contributed by atoms with van der Waals surface area (Å²) < 4.78 is 6.90. The molecule has 1 aliphatic heterocycles. The summed E-state index contributed by atoms with van der Waals surface area (Å²) in [4.78, 5) is 10.1. The zero-order chi connectivity index (χ0) is 36.0. The molecule has 2 aromatic heterocycles. The van der Waals surface area contributed by atoms with E-state index in [4.69, 9.17) is 15.4 Å². The van der Waals surface area contributed by atoms with Gasteiger partial charge in [0.1, 0.15) is 0 Å². The van der Waals surface area contributed by atoms with Gasteiger partial charge in [-0.1, -0.05) is 142 Å². The van der Waals surface area contributed by atoms with Crippen LogP contribution in [0.2, 0.25) is 0 Å². The van der Waals surface area contributed by atoms with E-state index in [1.807, 2.05) is 36.4 Å². The number of halogens is 1. The number of rotatable bonds is 7. The zero-order valence-corrected chi connectivity index (χ0v) is 31.2. The molecule has 0 spiro atoms. The first-order chi connectivity index (χ1) is 26.7. The molecule has 0 aliphatic carbocycles. The summed E-state index contributed by atoms with van der Waals surface area (Å²) in [7, 11) is 0. The summed E-state index contributed by atoms with van der Waals surface area (Å²) in [5.41, 5.74) is 10.9. The lowest BCUT2D eigenvalue weighted by Gasteiger charge is -2.14. The summed E-state index contributed by atoms with van der Waals surface area (Å²) in [5.74, 6) is 0.750. The smallest absolute Gasteiger partial charge is 0.160 e. The molecule has 0 atom stereocenters. The van der Waals surface area contributed by atoms with Crippen LogP contribution >= 0.6 is 20.7 Å². The number of anilines is 2. The van der Waals surface area contributed by atoms with Crippen molar-refractivity contribution in [1.82, 2.24) is 14.5 Å². The average molecular weight is 806 g/mol. The van der Waals surface area contributed by atoms with Crippen molar-refractivity contribution < 1.29 is 0 Å². The van der Waals surface area contributed by atoms with Crippen molar-refractivity contribution in [3.63, 3.8) is 0 Å². The molecule has 256 valence electrons. The fourth-order valence-electron chi connectivity index (χ4n) is 7.63. The molecule has 7 aromatic carbocycles.